The van der Waals surface area contributed by atoms with E-state index in [2.05, 4.69) is 4.72 Å². The Labute approximate surface area is 122 Å². The van der Waals surface area contributed by atoms with Gasteiger partial charge in [-0.05, 0) is 12.5 Å². The highest BCUT2D eigenvalue weighted by molar-refractivity contribution is 7.90. The van der Waals surface area contributed by atoms with Crippen LogP contribution in [0.15, 0.2) is 18.2 Å². The van der Waals surface area contributed by atoms with Gasteiger partial charge in [0.25, 0.3) is 5.69 Å². The molecule has 2 rings (SSSR count). The number of nitro benzene ring substituents is 1. The molecule has 7 nitrogen and oxygen atoms in total. The van der Waals surface area contributed by atoms with Crippen LogP contribution in [-0.2, 0) is 10.0 Å². The number of nitro groups is 1. The van der Waals surface area contributed by atoms with Crippen molar-refractivity contribution in [2.45, 2.75) is 18.6 Å². The molecular weight excluding hydrogens is 301 g/mol. The third-order valence-electron chi connectivity index (χ3n) is 3.40. The van der Waals surface area contributed by atoms with E-state index in [9.17, 15) is 22.9 Å². The number of nitrogens with one attached hydrogen (secondary N) is 1. The Morgan fingerprint density at radius 1 is 1.52 bits per heavy atom. The molecule has 1 aromatic rings. The first-order chi connectivity index (χ1) is 9.85. The van der Waals surface area contributed by atoms with Crippen molar-refractivity contribution >= 4 is 21.4 Å². The summed E-state index contributed by atoms with van der Waals surface area (Å²) in [7, 11) is -3.45. The van der Waals surface area contributed by atoms with E-state index >= 15 is 0 Å². The molecule has 1 fully saturated rings. The summed E-state index contributed by atoms with van der Waals surface area (Å²) < 4.78 is 39.7. The number of nitrogens with zero attached hydrogens (tertiary/aromatic N) is 2. The van der Waals surface area contributed by atoms with E-state index in [0.717, 1.165) is 18.2 Å². The van der Waals surface area contributed by atoms with Crippen LogP contribution < -0.4 is 9.62 Å². The second-order valence-corrected chi connectivity index (χ2v) is 6.84. The largest absolute Gasteiger partial charge is 0.365 e. The number of benzene rings is 1. The molecule has 9 heteroatoms. The molecule has 0 saturated carbocycles. The minimum atomic E-state index is -3.45. The van der Waals surface area contributed by atoms with Crippen LogP contribution in [0.3, 0.4) is 0 Å². The summed E-state index contributed by atoms with van der Waals surface area (Å²) in [5.74, 6) is -0.589. The van der Waals surface area contributed by atoms with Crippen molar-refractivity contribution in [2.24, 2.45) is 0 Å². The molecule has 116 valence electrons. The molecule has 1 heterocycles. The fourth-order valence-electron chi connectivity index (χ4n) is 2.42. The molecule has 0 aliphatic carbocycles. The van der Waals surface area contributed by atoms with Gasteiger partial charge >= 0.3 is 0 Å². The molecule has 0 aromatic heterocycles. The van der Waals surface area contributed by atoms with E-state index in [1.807, 2.05) is 0 Å². The van der Waals surface area contributed by atoms with Gasteiger partial charge in [0.05, 0.1) is 10.2 Å². The van der Waals surface area contributed by atoms with Crippen LogP contribution >= 0.6 is 0 Å². The second-order valence-electron chi connectivity index (χ2n) is 4.79. The number of rotatable bonds is 5. The van der Waals surface area contributed by atoms with Gasteiger partial charge in [0.15, 0.2) is 0 Å². The monoisotopic (exact) mass is 317 g/mol. The van der Waals surface area contributed by atoms with Crippen LogP contribution in [0.4, 0.5) is 15.8 Å². The summed E-state index contributed by atoms with van der Waals surface area (Å²) in [5.41, 5.74) is -0.105. The molecule has 1 aliphatic rings. The first-order valence-electron chi connectivity index (χ1n) is 6.52. The smallest absolute Gasteiger partial charge is 0.292 e. The van der Waals surface area contributed by atoms with Crippen LogP contribution in [-0.4, -0.2) is 38.2 Å². The number of hydrogen-bond acceptors (Lipinski definition) is 5. The zero-order valence-electron chi connectivity index (χ0n) is 11.5. The molecule has 1 atom stereocenters. The second kappa shape index (κ2) is 5.94. The van der Waals surface area contributed by atoms with Gasteiger partial charge in [-0.15, -0.1) is 0 Å². The molecule has 0 bridgehead atoms. The zero-order chi connectivity index (χ0) is 15.6. The molecular formula is C12H16FN3O4S. The summed E-state index contributed by atoms with van der Waals surface area (Å²) in [6.07, 6.45) is 0.350. The van der Waals surface area contributed by atoms with Crippen molar-refractivity contribution in [3.05, 3.63) is 34.1 Å². The molecule has 21 heavy (non-hydrogen) atoms. The van der Waals surface area contributed by atoms with Crippen molar-refractivity contribution in [3.8, 4) is 0 Å². The molecule has 0 spiro atoms. The highest BCUT2D eigenvalue weighted by Gasteiger charge is 2.35. The van der Waals surface area contributed by atoms with Crippen LogP contribution in [0.2, 0.25) is 0 Å². The van der Waals surface area contributed by atoms with Crippen LogP contribution in [0.25, 0.3) is 0 Å². The highest BCUT2D eigenvalue weighted by Crippen LogP contribution is 2.32. The Hall–Kier alpha value is -1.74. The van der Waals surface area contributed by atoms with E-state index in [1.165, 1.54) is 0 Å². The van der Waals surface area contributed by atoms with Gasteiger partial charge in [0.2, 0.25) is 10.0 Å². The standard InChI is InChI=1S/C12H16FN3O4S/c1-2-14-21(19,20)10-5-6-15(8-10)12-7-9(13)3-4-11(12)16(17)18/h3-4,7,10,14H,2,5-6,8H2,1H3/t10-/m0/s1. The number of halogens is 1. The fourth-order valence-corrected chi connectivity index (χ4v) is 3.85. The third kappa shape index (κ3) is 3.30. The van der Waals surface area contributed by atoms with E-state index in [1.54, 1.807) is 11.8 Å². The molecule has 0 amide bonds. The van der Waals surface area contributed by atoms with Gasteiger partial charge < -0.3 is 4.90 Å². The Kier molecular flexibility index (Phi) is 4.43. The van der Waals surface area contributed by atoms with Gasteiger partial charge in [-0.1, -0.05) is 6.92 Å². The minimum Gasteiger partial charge on any atom is -0.365 e. The summed E-state index contributed by atoms with van der Waals surface area (Å²) >= 11 is 0. The summed E-state index contributed by atoms with van der Waals surface area (Å²) in [4.78, 5) is 11.9. The quantitative estimate of drug-likeness (QED) is 0.652. The SMILES string of the molecule is CCNS(=O)(=O)[C@H]1CCN(c2cc(F)ccc2[N+](=O)[O-])C1. The van der Waals surface area contributed by atoms with Crippen molar-refractivity contribution in [3.63, 3.8) is 0 Å². The lowest BCUT2D eigenvalue weighted by Crippen LogP contribution is -2.36. The first kappa shape index (κ1) is 15.6. The topological polar surface area (TPSA) is 92.6 Å². The van der Waals surface area contributed by atoms with Crippen molar-refractivity contribution in [2.75, 3.05) is 24.5 Å². The Morgan fingerprint density at radius 2 is 2.24 bits per heavy atom. The maximum Gasteiger partial charge on any atom is 0.292 e. The van der Waals surface area contributed by atoms with Crippen LogP contribution in [0.5, 0.6) is 0 Å². The molecule has 1 aromatic carbocycles. The number of anilines is 1. The Bertz CT molecular complexity index is 650. The number of hydrogen-bond donors (Lipinski definition) is 1. The molecule has 0 radical (unpaired) electrons. The first-order valence-corrected chi connectivity index (χ1v) is 8.07. The lowest BCUT2D eigenvalue weighted by molar-refractivity contribution is -0.384. The maximum absolute atomic E-state index is 13.3. The predicted octanol–water partition coefficient (Wildman–Crippen LogP) is 1.25. The average molecular weight is 317 g/mol. The lowest BCUT2D eigenvalue weighted by Gasteiger charge is -2.18. The normalized spacial score (nSPS) is 19.0. The predicted molar refractivity (Wildman–Crippen MR) is 76.3 cm³/mol. The molecule has 1 saturated heterocycles. The third-order valence-corrected chi connectivity index (χ3v) is 5.36. The number of sulfonamides is 1. The summed E-state index contributed by atoms with van der Waals surface area (Å²) in [5, 5.41) is 10.3. The van der Waals surface area contributed by atoms with Crippen LogP contribution in [0.1, 0.15) is 13.3 Å². The fraction of sp³-hybridized carbons (Fsp3) is 0.500. The van der Waals surface area contributed by atoms with E-state index in [0.29, 0.717) is 19.5 Å². The highest BCUT2D eigenvalue weighted by atomic mass is 32.2. The maximum atomic E-state index is 13.3. The van der Waals surface area contributed by atoms with Gasteiger partial charge in [-0.3, -0.25) is 10.1 Å². The van der Waals surface area contributed by atoms with Gasteiger partial charge in [-0.2, -0.15) is 0 Å². The minimum absolute atomic E-state index is 0.111. The van der Waals surface area contributed by atoms with Crippen molar-refractivity contribution in [1.29, 1.82) is 0 Å². The van der Waals surface area contributed by atoms with Crippen molar-refractivity contribution in [1.82, 2.24) is 4.72 Å². The van der Waals surface area contributed by atoms with Gasteiger partial charge in [-0.25, -0.2) is 17.5 Å². The lowest BCUT2D eigenvalue weighted by atomic mass is 10.2. The van der Waals surface area contributed by atoms with Gasteiger partial charge in [0.1, 0.15) is 11.5 Å². The van der Waals surface area contributed by atoms with E-state index in [-0.39, 0.29) is 17.9 Å². The zero-order valence-corrected chi connectivity index (χ0v) is 12.3. The average Bonchev–Trinajstić information content (AvgIpc) is 2.88. The Balaban J connectivity index is 2.26. The Morgan fingerprint density at radius 3 is 2.86 bits per heavy atom. The van der Waals surface area contributed by atoms with Crippen LogP contribution in [0, 0.1) is 15.9 Å². The van der Waals surface area contributed by atoms with E-state index in [4.69, 9.17) is 0 Å². The molecule has 0 unspecified atom stereocenters. The van der Waals surface area contributed by atoms with Crippen molar-refractivity contribution < 1.29 is 17.7 Å². The summed E-state index contributed by atoms with van der Waals surface area (Å²) in [6.45, 7) is 2.42. The molecule has 1 aliphatic heterocycles. The molecule has 1 N–H and O–H groups in total. The van der Waals surface area contributed by atoms with Gasteiger partial charge in [0, 0.05) is 31.8 Å². The summed E-state index contributed by atoms with van der Waals surface area (Å²) in [6, 6.07) is 3.18. The van der Waals surface area contributed by atoms with E-state index < -0.39 is 26.0 Å².